The fraction of sp³-hybridized carbons (Fsp3) is 0.667. The average molecular weight is 247 g/mol. The van der Waals surface area contributed by atoms with Crippen molar-refractivity contribution in [2.45, 2.75) is 39.5 Å². The Balaban J connectivity index is 1.74. The van der Waals surface area contributed by atoms with Crippen molar-refractivity contribution in [1.82, 2.24) is 9.88 Å². The number of hydrogen-bond donors (Lipinski definition) is 1. The molecule has 0 radical (unpaired) electrons. The van der Waals surface area contributed by atoms with Gasteiger partial charge in [0.05, 0.1) is 0 Å². The molecule has 3 nitrogen and oxygen atoms in total. The summed E-state index contributed by atoms with van der Waals surface area (Å²) in [7, 11) is 0. The van der Waals surface area contributed by atoms with Crippen molar-refractivity contribution in [2.75, 3.05) is 31.5 Å². The van der Waals surface area contributed by atoms with Gasteiger partial charge in [-0.1, -0.05) is 19.9 Å². The Hall–Kier alpha value is -1.09. The molecule has 1 aromatic heterocycles. The van der Waals surface area contributed by atoms with E-state index in [2.05, 4.69) is 41.2 Å². The molecule has 0 aromatic carbocycles. The summed E-state index contributed by atoms with van der Waals surface area (Å²) in [6, 6.07) is 4.36. The summed E-state index contributed by atoms with van der Waals surface area (Å²) < 4.78 is 0. The van der Waals surface area contributed by atoms with Crippen molar-refractivity contribution in [3.63, 3.8) is 0 Å². The first-order valence-electron chi connectivity index (χ1n) is 7.28. The molecule has 0 saturated carbocycles. The SMILES string of the molecule is CCN(CC)CCCNc1ccc2c(n1)CCC2. The van der Waals surface area contributed by atoms with Gasteiger partial charge in [0.2, 0.25) is 0 Å². The smallest absolute Gasteiger partial charge is 0.126 e. The summed E-state index contributed by atoms with van der Waals surface area (Å²) in [5.74, 6) is 1.05. The maximum atomic E-state index is 4.69. The van der Waals surface area contributed by atoms with Crippen LogP contribution in [0.25, 0.3) is 0 Å². The number of aryl methyl sites for hydroxylation is 2. The molecule has 1 aliphatic rings. The van der Waals surface area contributed by atoms with Crippen LogP contribution in [0.5, 0.6) is 0 Å². The summed E-state index contributed by atoms with van der Waals surface area (Å²) in [4.78, 5) is 7.14. The van der Waals surface area contributed by atoms with Crippen LogP contribution in [-0.4, -0.2) is 36.1 Å². The topological polar surface area (TPSA) is 28.2 Å². The minimum absolute atomic E-state index is 1.02. The second kappa shape index (κ2) is 6.74. The lowest BCUT2D eigenvalue weighted by Gasteiger charge is -2.17. The van der Waals surface area contributed by atoms with E-state index >= 15 is 0 Å². The molecule has 1 heterocycles. The molecule has 0 spiro atoms. The second-order valence-corrected chi connectivity index (χ2v) is 4.96. The Morgan fingerprint density at radius 2 is 2.06 bits per heavy atom. The summed E-state index contributed by atoms with van der Waals surface area (Å²) >= 11 is 0. The Morgan fingerprint density at radius 3 is 2.83 bits per heavy atom. The minimum atomic E-state index is 1.02. The Labute approximate surface area is 111 Å². The molecular weight excluding hydrogens is 222 g/mol. The van der Waals surface area contributed by atoms with Crippen LogP contribution in [-0.2, 0) is 12.8 Å². The highest BCUT2D eigenvalue weighted by molar-refractivity contribution is 5.40. The van der Waals surface area contributed by atoms with E-state index in [4.69, 9.17) is 0 Å². The van der Waals surface area contributed by atoms with Crippen LogP contribution in [0.1, 0.15) is 37.9 Å². The molecule has 0 atom stereocenters. The third-order valence-electron chi connectivity index (χ3n) is 3.78. The molecule has 1 aliphatic carbocycles. The number of rotatable bonds is 7. The van der Waals surface area contributed by atoms with E-state index in [9.17, 15) is 0 Å². The van der Waals surface area contributed by atoms with Gasteiger partial charge in [0.1, 0.15) is 5.82 Å². The minimum Gasteiger partial charge on any atom is -0.370 e. The van der Waals surface area contributed by atoms with Gasteiger partial charge in [0, 0.05) is 12.2 Å². The number of hydrogen-bond acceptors (Lipinski definition) is 3. The quantitative estimate of drug-likeness (QED) is 0.751. The molecule has 0 fully saturated rings. The lowest BCUT2D eigenvalue weighted by molar-refractivity contribution is 0.303. The van der Waals surface area contributed by atoms with Gasteiger partial charge in [-0.25, -0.2) is 4.98 Å². The molecule has 3 heteroatoms. The van der Waals surface area contributed by atoms with Gasteiger partial charge in [-0.2, -0.15) is 0 Å². The number of nitrogens with zero attached hydrogens (tertiary/aromatic N) is 2. The monoisotopic (exact) mass is 247 g/mol. The van der Waals surface area contributed by atoms with Gasteiger partial charge < -0.3 is 10.2 Å². The largest absolute Gasteiger partial charge is 0.370 e. The zero-order valence-corrected chi connectivity index (χ0v) is 11.7. The van der Waals surface area contributed by atoms with Crippen molar-refractivity contribution in [3.8, 4) is 0 Å². The lowest BCUT2D eigenvalue weighted by Crippen LogP contribution is -2.25. The van der Waals surface area contributed by atoms with Crippen LogP contribution in [0.4, 0.5) is 5.82 Å². The number of anilines is 1. The maximum absolute atomic E-state index is 4.69. The van der Waals surface area contributed by atoms with Crippen LogP contribution in [0.3, 0.4) is 0 Å². The predicted octanol–water partition coefficient (Wildman–Crippen LogP) is 2.71. The van der Waals surface area contributed by atoms with Crippen molar-refractivity contribution in [2.24, 2.45) is 0 Å². The van der Waals surface area contributed by atoms with E-state index in [0.717, 1.165) is 31.9 Å². The third kappa shape index (κ3) is 3.45. The van der Waals surface area contributed by atoms with Gasteiger partial charge in [-0.3, -0.25) is 0 Å². The van der Waals surface area contributed by atoms with Crippen LogP contribution in [0, 0.1) is 0 Å². The summed E-state index contributed by atoms with van der Waals surface area (Å²) in [5, 5.41) is 3.44. The predicted molar refractivity (Wildman–Crippen MR) is 77.2 cm³/mol. The van der Waals surface area contributed by atoms with Crippen molar-refractivity contribution >= 4 is 5.82 Å². The molecule has 0 unspecified atom stereocenters. The first-order chi connectivity index (χ1) is 8.83. The molecule has 100 valence electrons. The third-order valence-corrected chi connectivity index (χ3v) is 3.78. The van der Waals surface area contributed by atoms with E-state index in [1.54, 1.807) is 0 Å². The van der Waals surface area contributed by atoms with Gasteiger partial charge in [0.15, 0.2) is 0 Å². The molecule has 0 bridgehead atoms. The van der Waals surface area contributed by atoms with Gasteiger partial charge >= 0.3 is 0 Å². The van der Waals surface area contributed by atoms with E-state index in [0.29, 0.717) is 0 Å². The van der Waals surface area contributed by atoms with E-state index < -0.39 is 0 Å². The van der Waals surface area contributed by atoms with Crippen molar-refractivity contribution < 1.29 is 0 Å². The van der Waals surface area contributed by atoms with E-state index in [1.807, 2.05) is 0 Å². The average Bonchev–Trinajstić information content (AvgIpc) is 2.86. The molecule has 0 aliphatic heterocycles. The molecule has 1 N–H and O–H groups in total. The lowest BCUT2D eigenvalue weighted by atomic mass is 10.2. The van der Waals surface area contributed by atoms with Gasteiger partial charge in [-0.15, -0.1) is 0 Å². The Kier molecular flexibility index (Phi) is 5.00. The standard InChI is InChI=1S/C15H25N3/c1-3-18(4-2)12-6-11-16-15-10-9-13-7-5-8-14(13)17-15/h9-10H,3-8,11-12H2,1-2H3,(H,16,17). The van der Waals surface area contributed by atoms with Crippen LogP contribution in [0.15, 0.2) is 12.1 Å². The summed E-state index contributed by atoms with van der Waals surface area (Å²) in [6.45, 7) is 8.92. The summed E-state index contributed by atoms with van der Waals surface area (Å²) in [5.41, 5.74) is 2.76. The zero-order chi connectivity index (χ0) is 12.8. The Morgan fingerprint density at radius 1 is 1.22 bits per heavy atom. The maximum Gasteiger partial charge on any atom is 0.126 e. The molecule has 0 saturated heterocycles. The zero-order valence-electron chi connectivity index (χ0n) is 11.7. The fourth-order valence-corrected chi connectivity index (χ4v) is 2.58. The highest BCUT2D eigenvalue weighted by Crippen LogP contribution is 2.21. The number of aromatic nitrogens is 1. The number of nitrogens with one attached hydrogen (secondary N) is 1. The fourth-order valence-electron chi connectivity index (χ4n) is 2.58. The highest BCUT2D eigenvalue weighted by Gasteiger charge is 2.11. The molecule has 1 aromatic rings. The normalized spacial score (nSPS) is 13.9. The Bertz CT molecular complexity index is 372. The highest BCUT2D eigenvalue weighted by atomic mass is 15.1. The first kappa shape index (κ1) is 13.3. The van der Waals surface area contributed by atoms with Gasteiger partial charge in [0.25, 0.3) is 0 Å². The first-order valence-corrected chi connectivity index (χ1v) is 7.28. The van der Waals surface area contributed by atoms with E-state index in [1.165, 1.54) is 37.1 Å². The molecule has 0 amide bonds. The van der Waals surface area contributed by atoms with E-state index in [-0.39, 0.29) is 0 Å². The molecule has 2 rings (SSSR count). The van der Waals surface area contributed by atoms with Crippen molar-refractivity contribution in [1.29, 1.82) is 0 Å². The summed E-state index contributed by atoms with van der Waals surface area (Å²) in [6.07, 6.45) is 4.82. The van der Waals surface area contributed by atoms with Crippen molar-refractivity contribution in [3.05, 3.63) is 23.4 Å². The van der Waals surface area contributed by atoms with Crippen LogP contribution < -0.4 is 5.32 Å². The number of fused-ring (bicyclic) bond motifs is 1. The molecular formula is C15H25N3. The second-order valence-electron chi connectivity index (χ2n) is 4.96. The van der Waals surface area contributed by atoms with Crippen LogP contribution in [0.2, 0.25) is 0 Å². The molecule has 18 heavy (non-hydrogen) atoms. The van der Waals surface area contributed by atoms with Crippen LogP contribution >= 0.6 is 0 Å². The van der Waals surface area contributed by atoms with Gasteiger partial charge in [-0.05, 0) is 56.9 Å². The number of pyridine rings is 1.